The van der Waals surface area contributed by atoms with Crippen LogP contribution in [0.3, 0.4) is 0 Å². The van der Waals surface area contributed by atoms with Gasteiger partial charge in [0.25, 0.3) is 0 Å². The zero-order valence-corrected chi connectivity index (χ0v) is 16.0. The average Bonchev–Trinajstić information content (AvgIpc) is 2.69. The normalized spacial score (nSPS) is 17.0. The molecule has 0 amide bonds. The third-order valence-electron chi connectivity index (χ3n) is 4.77. The van der Waals surface area contributed by atoms with Crippen LogP contribution in [0.1, 0.15) is 18.1 Å². The molecule has 0 atom stereocenters. The van der Waals surface area contributed by atoms with E-state index in [1.807, 2.05) is 30.3 Å². The van der Waals surface area contributed by atoms with Crippen molar-refractivity contribution in [3.05, 3.63) is 71.8 Å². The fourth-order valence-electron chi connectivity index (χ4n) is 3.10. The molecule has 0 aliphatic carbocycles. The van der Waals surface area contributed by atoms with Crippen LogP contribution in [0.4, 0.5) is 0 Å². The van der Waals surface area contributed by atoms with E-state index in [0.717, 1.165) is 31.6 Å². The van der Waals surface area contributed by atoms with Crippen molar-refractivity contribution < 1.29 is 8.42 Å². The van der Waals surface area contributed by atoms with Gasteiger partial charge in [0, 0.05) is 32.7 Å². The molecule has 5 heteroatoms. The number of sulfonamides is 1. The Balaban J connectivity index is 1.54. The first-order valence-corrected chi connectivity index (χ1v) is 10.6. The van der Waals surface area contributed by atoms with E-state index in [9.17, 15) is 8.42 Å². The number of hydrogen-bond acceptors (Lipinski definition) is 3. The Labute approximate surface area is 156 Å². The molecule has 0 N–H and O–H groups in total. The van der Waals surface area contributed by atoms with E-state index in [1.54, 1.807) is 16.4 Å². The van der Waals surface area contributed by atoms with Crippen LogP contribution in [0, 0.1) is 0 Å². The van der Waals surface area contributed by atoms with Crippen molar-refractivity contribution in [1.29, 1.82) is 0 Å². The van der Waals surface area contributed by atoms with E-state index < -0.39 is 10.0 Å². The van der Waals surface area contributed by atoms with Crippen LogP contribution in [0.15, 0.2) is 65.6 Å². The molecule has 1 heterocycles. The van der Waals surface area contributed by atoms with Crippen molar-refractivity contribution in [2.24, 2.45) is 0 Å². The Kier molecular flexibility index (Phi) is 6.25. The molecule has 0 bridgehead atoms. The van der Waals surface area contributed by atoms with E-state index in [-0.39, 0.29) is 0 Å². The van der Waals surface area contributed by atoms with Crippen LogP contribution < -0.4 is 0 Å². The molecule has 0 aromatic heterocycles. The summed E-state index contributed by atoms with van der Waals surface area (Å²) >= 11 is 0. The number of nitrogens with zero attached hydrogens (tertiary/aromatic N) is 2. The molecule has 3 rings (SSSR count). The lowest BCUT2D eigenvalue weighted by Gasteiger charge is -2.33. The van der Waals surface area contributed by atoms with Crippen molar-refractivity contribution in [3.8, 4) is 0 Å². The summed E-state index contributed by atoms with van der Waals surface area (Å²) in [5.74, 6) is 0. The largest absolute Gasteiger partial charge is 0.297 e. The molecular formula is C21H26N2O2S. The number of aryl methyl sites for hydroxylation is 1. The topological polar surface area (TPSA) is 40.6 Å². The maximum atomic E-state index is 12.8. The number of benzene rings is 2. The molecule has 0 saturated carbocycles. The Morgan fingerprint density at radius 3 is 2.19 bits per heavy atom. The number of hydrogen-bond donors (Lipinski definition) is 0. The molecule has 0 spiro atoms. The molecule has 26 heavy (non-hydrogen) atoms. The fraction of sp³-hybridized carbons (Fsp3) is 0.333. The summed E-state index contributed by atoms with van der Waals surface area (Å²) in [6.45, 7) is 5.49. The van der Waals surface area contributed by atoms with Crippen LogP contribution in [-0.2, 0) is 16.4 Å². The van der Waals surface area contributed by atoms with Crippen LogP contribution >= 0.6 is 0 Å². The lowest BCUT2D eigenvalue weighted by Crippen LogP contribution is -2.48. The second kappa shape index (κ2) is 8.62. The monoisotopic (exact) mass is 370 g/mol. The second-order valence-electron chi connectivity index (χ2n) is 6.52. The van der Waals surface area contributed by atoms with E-state index in [4.69, 9.17) is 0 Å². The lowest BCUT2D eigenvalue weighted by molar-refractivity contribution is 0.204. The van der Waals surface area contributed by atoms with Gasteiger partial charge in [-0.25, -0.2) is 8.42 Å². The quantitative estimate of drug-likeness (QED) is 0.784. The Morgan fingerprint density at radius 1 is 0.923 bits per heavy atom. The minimum absolute atomic E-state index is 0.395. The van der Waals surface area contributed by atoms with Gasteiger partial charge in [0.2, 0.25) is 10.0 Å². The van der Waals surface area contributed by atoms with Crippen molar-refractivity contribution in [2.45, 2.75) is 18.2 Å². The highest BCUT2D eigenvalue weighted by molar-refractivity contribution is 7.89. The van der Waals surface area contributed by atoms with Gasteiger partial charge in [0.15, 0.2) is 0 Å². The average molecular weight is 371 g/mol. The maximum Gasteiger partial charge on any atom is 0.243 e. The summed E-state index contributed by atoms with van der Waals surface area (Å²) in [4.78, 5) is 2.68. The highest BCUT2D eigenvalue weighted by Crippen LogP contribution is 2.18. The minimum Gasteiger partial charge on any atom is -0.297 e. The molecule has 0 unspecified atom stereocenters. The summed E-state index contributed by atoms with van der Waals surface area (Å²) in [6.07, 6.45) is 5.16. The van der Waals surface area contributed by atoms with Gasteiger partial charge in [-0.15, -0.1) is 0 Å². The van der Waals surface area contributed by atoms with Gasteiger partial charge in [-0.05, 0) is 29.7 Å². The predicted octanol–water partition coefficient (Wildman–Crippen LogP) is 3.27. The molecule has 0 radical (unpaired) electrons. The van der Waals surface area contributed by atoms with E-state index in [1.165, 1.54) is 5.56 Å². The first-order valence-electron chi connectivity index (χ1n) is 9.12. The van der Waals surface area contributed by atoms with Gasteiger partial charge in [-0.1, -0.05) is 61.5 Å². The highest BCUT2D eigenvalue weighted by atomic mass is 32.2. The molecule has 1 aliphatic heterocycles. The third-order valence-corrected chi connectivity index (χ3v) is 6.69. The number of rotatable bonds is 6. The Hall–Kier alpha value is -1.95. The van der Waals surface area contributed by atoms with Crippen molar-refractivity contribution in [1.82, 2.24) is 9.21 Å². The maximum absolute atomic E-state index is 12.8. The molecule has 1 saturated heterocycles. The zero-order chi connectivity index (χ0) is 18.4. The summed E-state index contributed by atoms with van der Waals surface area (Å²) < 4.78 is 27.2. The summed E-state index contributed by atoms with van der Waals surface area (Å²) in [7, 11) is -3.39. The van der Waals surface area contributed by atoms with Gasteiger partial charge >= 0.3 is 0 Å². The predicted molar refractivity (Wildman–Crippen MR) is 106 cm³/mol. The molecule has 1 fully saturated rings. The Morgan fingerprint density at radius 2 is 1.58 bits per heavy atom. The van der Waals surface area contributed by atoms with Crippen LogP contribution in [0.2, 0.25) is 0 Å². The lowest BCUT2D eigenvalue weighted by atomic mass is 10.2. The van der Waals surface area contributed by atoms with Crippen molar-refractivity contribution in [3.63, 3.8) is 0 Å². The summed E-state index contributed by atoms with van der Waals surface area (Å²) in [5, 5.41) is 0. The van der Waals surface area contributed by atoms with Gasteiger partial charge in [-0.2, -0.15) is 4.31 Å². The van der Waals surface area contributed by atoms with Crippen LogP contribution in [-0.4, -0.2) is 50.3 Å². The molecule has 2 aromatic rings. The van der Waals surface area contributed by atoms with E-state index in [0.29, 0.717) is 18.0 Å². The first kappa shape index (κ1) is 18.8. The molecule has 4 nitrogen and oxygen atoms in total. The van der Waals surface area contributed by atoms with E-state index in [2.05, 4.69) is 36.1 Å². The van der Waals surface area contributed by atoms with Crippen molar-refractivity contribution in [2.75, 3.05) is 32.7 Å². The highest BCUT2D eigenvalue weighted by Gasteiger charge is 2.27. The standard InChI is InChI=1S/C21H26N2O2S/c1-2-19-10-12-21(13-11-19)26(24,25)23-17-15-22(16-18-23)14-6-9-20-7-4-3-5-8-20/h3-13H,2,14-18H2,1H3. The van der Waals surface area contributed by atoms with Gasteiger partial charge < -0.3 is 0 Å². The van der Waals surface area contributed by atoms with Crippen LogP contribution in [0.5, 0.6) is 0 Å². The molecule has 1 aliphatic rings. The van der Waals surface area contributed by atoms with E-state index >= 15 is 0 Å². The smallest absolute Gasteiger partial charge is 0.243 e. The zero-order valence-electron chi connectivity index (χ0n) is 15.2. The van der Waals surface area contributed by atoms with Crippen LogP contribution in [0.25, 0.3) is 6.08 Å². The van der Waals surface area contributed by atoms with Gasteiger partial charge in [-0.3, -0.25) is 4.90 Å². The number of piperazine rings is 1. The van der Waals surface area contributed by atoms with Gasteiger partial charge in [0.05, 0.1) is 4.90 Å². The second-order valence-corrected chi connectivity index (χ2v) is 8.45. The molecular weight excluding hydrogens is 344 g/mol. The minimum atomic E-state index is -3.39. The SMILES string of the molecule is CCc1ccc(S(=O)(=O)N2CCN(CC=Cc3ccccc3)CC2)cc1. The summed E-state index contributed by atoms with van der Waals surface area (Å²) in [5.41, 5.74) is 2.34. The fourth-order valence-corrected chi connectivity index (χ4v) is 4.52. The summed E-state index contributed by atoms with van der Waals surface area (Å²) in [6, 6.07) is 17.5. The molecule has 138 valence electrons. The van der Waals surface area contributed by atoms with Gasteiger partial charge in [0.1, 0.15) is 0 Å². The first-order chi connectivity index (χ1) is 12.6. The Bertz CT molecular complexity index is 822. The third kappa shape index (κ3) is 4.61. The van der Waals surface area contributed by atoms with Crippen molar-refractivity contribution >= 4 is 16.1 Å². The molecule has 2 aromatic carbocycles.